The van der Waals surface area contributed by atoms with E-state index < -0.39 is 22.0 Å². The normalized spacial score (nSPS) is 15.2. The van der Waals surface area contributed by atoms with Crippen LogP contribution in [0.4, 0.5) is 5.69 Å². The molecule has 1 aromatic carbocycles. The third-order valence-electron chi connectivity index (χ3n) is 3.95. The van der Waals surface area contributed by atoms with Crippen LogP contribution in [-0.2, 0) is 26.0 Å². The number of nitrogens with zero attached hydrogens (tertiary/aromatic N) is 1. The van der Waals surface area contributed by atoms with E-state index in [9.17, 15) is 18.0 Å². The van der Waals surface area contributed by atoms with Crippen molar-refractivity contribution < 1.29 is 23.1 Å². The summed E-state index contributed by atoms with van der Waals surface area (Å²) in [6, 6.07) is 3.64. The number of hydrogen-bond acceptors (Lipinski definition) is 5. The second kappa shape index (κ2) is 7.29. The predicted octanol–water partition coefficient (Wildman–Crippen LogP) is 0.0660. The Morgan fingerprint density at radius 2 is 2.12 bits per heavy atom. The summed E-state index contributed by atoms with van der Waals surface area (Å²) in [5.74, 6) is -1.23. The number of carbonyl (C=O) groups excluding carboxylic acids is 1. The van der Waals surface area contributed by atoms with Gasteiger partial charge >= 0.3 is 5.97 Å². The van der Waals surface area contributed by atoms with Gasteiger partial charge in [-0.25, -0.2) is 13.6 Å². The van der Waals surface area contributed by atoms with E-state index in [2.05, 4.69) is 5.32 Å². The first kappa shape index (κ1) is 18.4. The van der Waals surface area contributed by atoms with E-state index in [1.807, 2.05) is 6.92 Å². The molecule has 1 atom stereocenters. The summed E-state index contributed by atoms with van der Waals surface area (Å²) < 4.78 is 22.8. The summed E-state index contributed by atoms with van der Waals surface area (Å²) in [6.07, 6.45) is 1.67. The maximum Gasteiger partial charge on any atom is 0.320 e. The monoisotopic (exact) mass is 355 g/mol. The van der Waals surface area contributed by atoms with Crippen LogP contribution in [0, 0.1) is 0 Å². The summed E-state index contributed by atoms with van der Waals surface area (Å²) in [5.41, 5.74) is 1.37. The molecule has 0 spiro atoms. The van der Waals surface area contributed by atoms with E-state index in [1.165, 1.54) is 17.0 Å². The number of anilines is 1. The van der Waals surface area contributed by atoms with Crippen molar-refractivity contribution in [1.82, 2.24) is 5.32 Å². The highest BCUT2D eigenvalue weighted by Crippen LogP contribution is 2.29. The zero-order chi connectivity index (χ0) is 17.9. The minimum Gasteiger partial charge on any atom is -0.480 e. The Kier molecular flexibility index (Phi) is 5.58. The number of aliphatic carboxylic acids is 1. The van der Waals surface area contributed by atoms with Crippen molar-refractivity contribution in [2.75, 3.05) is 18.0 Å². The number of carboxylic acid groups (broad SMARTS) is 1. The highest BCUT2D eigenvalue weighted by molar-refractivity contribution is 7.89. The third kappa shape index (κ3) is 4.11. The van der Waals surface area contributed by atoms with Crippen molar-refractivity contribution >= 4 is 27.6 Å². The van der Waals surface area contributed by atoms with Crippen LogP contribution in [0.3, 0.4) is 0 Å². The van der Waals surface area contributed by atoms with Crippen LogP contribution in [0.5, 0.6) is 0 Å². The fraction of sp³-hybridized carbons (Fsp3) is 0.467. The molecule has 132 valence electrons. The molecule has 9 heteroatoms. The number of carboxylic acids is 1. The number of nitrogens with two attached hydrogens (primary N) is 1. The molecule has 1 unspecified atom stereocenters. The van der Waals surface area contributed by atoms with Crippen LogP contribution in [0.2, 0.25) is 0 Å². The lowest BCUT2D eigenvalue weighted by Crippen LogP contribution is -2.44. The molecule has 0 aliphatic carbocycles. The largest absolute Gasteiger partial charge is 0.480 e. The first-order chi connectivity index (χ1) is 11.2. The quantitative estimate of drug-likeness (QED) is 0.634. The third-order valence-corrected chi connectivity index (χ3v) is 4.86. The average molecular weight is 355 g/mol. The van der Waals surface area contributed by atoms with Gasteiger partial charge in [0.2, 0.25) is 15.9 Å². The minimum absolute atomic E-state index is 0.0163. The topological polar surface area (TPSA) is 130 Å². The van der Waals surface area contributed by atoms with Crippen molar-refractivity contribution in [1.29, 1.82) is 0 Å². The zero-order valence-corrected chi connectivity index (χ0v) is 14.2. The number of benzene rings is 1. The zero-order valence-electron chi connectivity index (χ0n) is 13.4. The Labute approximate surface area is 140 Å². The standard InChI is InChI=1S/C15H21N3O5S/c1-2-3-12(15(20)21)17-9-14(19)18-7-6-10-8-11(24(16,22)23)4-5-13(10)18/h4-5,8,12,17H,2-3,6-7,9H2,1H3,(H,20,21)(H2,16,22,23). The number of sulfonamides is 1. The number of amides is 1. The number of hydrogen-bond donors (Lipinski definition) is 3. The summed E-state index contributed by atoms with van der Waals surface area (Å²) in [5, 5.41) is 17.0. The Morgan fingerprint density at radius 1 is 1.42 bits per heavy atom. The first-order valence-corrected chi connectivity index (χ1v) is 9.21. The number of primary sulfonamides is 1. The molecule has 1 heterocycles. The Balaban J connectivity index is 2.08. The van der Waals surface area contributed by atoms with Crippen LogP contribution in [0.15, 0.2) is 23.1 Å². The molecule has 1 aromatic rings. The lowest BCUT2D eigenvalue weighted by atomic mass is 10.1. The molecule has 0 saturated heterocycles. The van der Waals surface area contributed by atoms with E-state index >= 15 is 0 Å². The highest BCUT2D eigenvalue weighted by Gasteiger charge is 2.27. The van der Waals surface area contributed by atoms with E-state index in [0.717, 1.165) is 5.56 Å². The number of fused-ring (bicyclic) bond motifs is 1. The molecule has 0 bridgehead atoms. The molecule has 24 heavy (non-hydrogen) atoms. The van der Waals surface area contributed by atoms with Gasteiger partial charge < -0.3 is 10.0 Å². The summed E-state index contributed by atoms with van der Waals surface area (Å²) in [6.45, 7) is 2.21. The van der Waals surface area contributed by atoms with Gasteiger partial charge in [-0.05, 0) is 36.6 Å². The lowest BCUT2D eigenvalue weighted by molar-refractivity contribution is -0.139. The van der Waals surface area contributed by atoms with Crippen LogP contribution in [-0.4, -0.2) is 44.5 Å². The van der Waals surface area contributed by atoms with E-state index in [1.54, 1.807) is 6.07 Å². The van der Waals surface area contributed by atoms with Gasteiger partial charge in [0.05, 0.1) is 11.4 Å². The molecule has 0 saturated carbocycles. The van der Waals surface area contributed by atoms with Crippen LogP contribution in [0.25, 0.3) is 0 Å². The fourth-order valence-electron chi connectivity index (χ4n) is 2.72. The van der Waals surface area contributed by atoms with Crippen LogP contribution >= 0.6 is 0 Å². The second-order valence-corrected chi connectivity index (χ2v) is 7.25. The van der Waals surface area contributed by atoms with Gasteiger partial charge in [-0.3, -0.25) is 14.9 Å². The van der Waals surface area contributed by atoms with Crippen LogP contribution in [0.1, 0.15) is 25.3 Å². The van der Waals surface area contributed by atoms with E-state index in [0.29, 0.717) is 31.5 Å². The predicted molar refractivity (Wildman–Crippen MR) is 88.2 cm³/mol. The van der Waals surface area contributed by atoms with Gasteiger partial charge in [0.15, 0.2) is 0 Å². The maximum atomic E-state index is 12.3. The molecular formula is C15H21N3O5S. The Morgan fingerprint density at radius 3 is 2.71 bits per heavy atom. The van der Waals surface area contributed by atoms with Crippen molar-refractivity contribution in [3.05, 3.63) is 23.8 Å². The summed E-state index contributed by atoms with van der Waals surface area (Å²) in [4.78, 5) is 25.0. The van der Waals surface area contributed by atoms with Gasteiger partial charge in [0.25, 0.3) is 0 Å². The molecule has 1 aliphatic rings. The van der Waals surface area contributed by atoms with Gasteiger partial charge in [-0.1, -0.05) is 13.3 Å². The Bertz CT molecular complexity index is 747. The first-order valence-electron chi connectivity index (χ1n) is 7.66. The lowest BCUT2D eigenvalue weighted by Gasteiger charge is -2.20. The molecule has 1 aliphatic heterocycles. The van der Waals surface area contributed by atoms with E-state index in [4.69, 9.17) is 10.2 Å². The molecule has 4 N–H and O–H groups in total. The number of nitrogens with one attached hydrogen (secondary N) is 1. The van der Waals surface area contributed by atoms with Crippen molar-refractivity contribution in [3.8, 4) is 0 Å². The molecular weight excluding hydrogens is 334 g/mol. The van der Waals surface area contributed by atoms with Crippen molar-refractivity contribution in [2.24, 2.45) is 5.14 Å². The number of rotatable bonds is 7. The number of carbonyl (C=O) groups is 2. The highest BCUT2D eigenvalue weighted by atomic mass is 32.2. The smallest absolute Gasteiger partial charge is 0.320 e. The van der Waals surface area contributed by atoms with Crippen LogP contribution < -0.4 is 15.4 Å². The Hall–Kier alpha value is -1.97. The molecule has 0 radical (unpaired) electrons. The average Bonchev–Trinajstić information content (AvgIpc) is 2.93. The molecule has 0 fully saturated rings. The van der Waals surface area contributed by atoms with Gasteiger partial charge in [0, 0.05) is 12.2 Å². The van der Waals surface area contributed by atoms with Gasteiger partial charge in [-0.2, -0.15) is 0 Å². The minimum atomic E-state index is -3.78. The molecule has 8 nitrogen and oxygen atoms in total. The van der Waals surface area contributed by atoms with Crippen molar-refractivity contribution in [3.63, 3.8) is 0 Å². The maximum absolute atomic E-state index is 12.3. The fourth-order valence-corrected chi connectivity index (χ4v) is 3.29. The van der Waals surface area contributed by atoms with Gasteiger partial charge in [-0.15, -0.1) is 0 Å². The SMILES string of the molecule is CCCC(NCC(=O)N1CCc2cc(S(N)(=O)=O)ccc21)C(=O)O. The van der Waals surface area contributed by atoms with Gasteiger partial charge in [0.1, 0.15) is 6.04 Å². The second-order valence-electron chi connectivity index (χ2n) is 5.69. The van der Waals surface area contributed by atoms with Crippen molar-refractivity contribution in [2.45, 2.75) is 37.1 Å². The molecule has 2 rings (SSSR count). The molecule has 1 amide bonds. The summed E-state index contributed by atoms with van der Waals surface area (Å²) in [7, 11) is -3.78. The molecule has 0 aromatic heterocycles. The van der Waals surface area contributed by atoms with E-state index in [-0.39, 0.29) is 17.3 Å². The summed E-state index contributed by atoms with van der Waals surface area (Å²) >= 11 is 0.